The van der Waals surface area contributed by atoms with Gasteiger partial charge in [-0.25, -0.2) is 5.43 Å². The molecule has 3 aliphatic rings. The summed E-state index contributed by atoms with van der Waals surface area (Å²) in [5.74, 6) is 0.664. The van der Waals surface area contributed by atoms with Crippen LogP contribution in [0.15, 0.2) is 42.0 Å². The number of likely N-dealkylation sites (N-methyl/N-ethyl adjacent to an activating group) is 1. The Labute approximate surface area is 130 Å². The van der Waals surface area contributed by atoms with E-state index in [1.54, 1.807) is 4.90 Å². The van der Waals surface area contributed by atoms with Crippen LogP contribution in [0.25, 0.3) is 0 Å². The summed E-state index contributed by atoms with van der Waals surface area (Å²) in [7, 11) is 1.86. The number of hydrogen-bond acceptors (Lipinski definition) is 4. The molecule has 5 nitrogen and oxygen atoms in total. The highest BCUT2D eigenvalue weighted by molar-refractivity contribution is 5.91. The van der Waals surface area contributed by atoms with E-state index in [-0.39, 0.29) is 5.91 Å². The summed E-state index contributed by atoms with van der Waals surface area (Å²) >= 11 is 0. The molecule has 116 valence electrons. The van der Waals surface area contributed by atoms with Gasteiger partial charge in [-0.1, -0.05) is 30.3 Å². The fourth-order valence-corrected chi connectivity index (χ4v) is 3.92. The average Bonchev–Trinajstić information content (AvgIpc) is 3.11. The van der Waals surface area contributed by atoms with Crippen LogP contribution in [-0.2, 0) is 4.79 Å². The predicted molar refractivity (Wildman–Crippen MR) is 84.9 cm³/mol. The van der Waals surface area contributed by atoms with Crippen molar-refractivity contribution in [1.82, 2.24) is 21.1 Å². The lowest BCUT2D eigenvalue weighted by atomic mass is 9.80. The minimum absolute atomic E-state index is 0.126. The highest BCUT2D eigenvalue weighted by Gasteiger charge is 2.42. The van der Waals surface area contributed by atoms with Crippen LogP contribution in [0.3, 0.4) is 0 Å². The lowest BCUT2D eigenvalue weighted by molar-refractivity contribution is -0.123. The fourth-order valence-electron chi connectivity index (χ4n) is 3.92. The zero-order valence-corrected chi connectivity index (χ0v) is 12.8. The summed E-state index contributed by atoms with van der Waals surface area (Å²) in [6, 6.07) is 11.7. The molecule has 3 heterocycles. The Bertz CT molecular complexity index is 600. The number of carbonyl (C=O) groups excluding carboxylic acids is 1. The van der Waals surface area contributed by atoms with Crippen molar-refractivity contribution in [3.63, 3.8) is 0 Å². The van der Waals surface area contributed by atoms with Crippen molar-refractivity contribution < 1.29 is 4.79 Å². The molecule has 0 aromatic heterocycles. The largest absolute Gasteiger partial charge is 0.338 e. The van der Waals surface area contributed by atoms with E-state index < -0.39 is 0 Å². The van der Waals surface area contributed by atoms with Gasteiger partial charge in [-0.3, -0.25) is 10.2 Å². The van der Waals surface area contributed by atoms with Crippen molar-refractivity contribution in [2.75, 3.05) is 20.1 Å². The molecular formula is C17H22N4O. The molecule has 0 saturated carbocycles. The summed E-state index contributed by atoms with van der Waals surface area (Å²) < 4.78 is 0. The van der Waals surface area contributed by atoms with Gasteiger partial charge in [0.05, 0.1) is 6.04 Å². The van der Waals surface area contributed by atoms with Crippen molar-refractivity contribution in [2.45, 2.75) is 24.5 Å². The van der Waals surface area contributed by atoms with Crippen LogP contribution in [0, 0.1) is 5.92 Å². The molecule has 3 aliphatic heterocycles. The van der Waals surface area contributed by atoms with Crippen molar-refractivity contribution in [3.05, 3.63) is 47.5 Å². The number of fused-ring (bicyclic) bond motifs is 1. The second-order valence-electron chi connectivity index (χ2n) is 6.56. The second-order valence-corrected chi connectivity index (χ2v) is 6.56. The van der Waals surface area contributed by atoms with Crippen LogP contribution in [0.2, 0.25) is 0 Å². The first kappa shape index (κ1) is 13.9. The minimum Gasteiger partial charge on any atom is -0.338 e. The first-order valence-electron chi connectivity index (χ1n) is 7.97. The van der Waals surface area contributed by atoms with E-state index in [4.69, 9.17) is 0 Å². The zero-order valence-electron chi connectivity index (χ0n) is 12.8. The maximum atomic E-state index is 11.7. The lowest BCUT2D eigenvalue weighted by Gasteiger charge is -2.35. The maximum Gasteiger partial charge on any atom is 0.246 e. The number of rotatable bonds is 2. The van der Waals surface area contributed by atoms with Crippen LogP contribution in [-0.4, -0.2) is 43.0 Å². The predicted octanol–water partition coefficient (Wildman–Crippen LogP) is 0.581. The van der Waals surface area contributed by atoms with Crippen molar-refractivity contribution in [2.24, 2.45) is 5.92 Å². The van der Waals surface area contributed by atoms with Gasteiger partial charge in [-0.05, 0) is 23.5 Å². The molecule has 1 aromatic carbocycles. The minimum atomic E-state index is 0.126. The molecule has 5 heteroatoms. The molecule has 4 unspecified atom stereocenters. The van der Waals surface area contributed by atoms with E-state index in [1.807, 2.05) is 13.1 Å². The number of nitrogens with zero attached hydrogens (tertiary/aromatic N) is 1. The Balaban J connectivity index is 1.52. The molecule has 2 fully saturated rings. The van der Waals surface area contributed by atoms with Crippen molar-refractivity contribution in [1.29, 1.82) is 0 Å². The molecule has 1 aromatic rings. The van der Waals surface area contributed by atoms with Crippen molar-refractivity contribution in [3.8, 4) is 0 Å². The number of carbonyl (C=O) groups is 1. The van der Waals surface area contributed by atoms with Gasteiger partial charge in [-0.2, -0.15) is 0 Å². The summed E-state index contributed by atoms with van der Waals surface area (Å²) in [4.78, 5) is 13.5. The van der Waals surface area contributed by atoms with Crippen LogP contribution >= 0.6 is 0 Å². The standard InChI is InChI=1S/C17H22N4O/c1-21-10-12(7-16(21)22)14-8-13-15(9-18-14)19-20-17(13)11-5-3-2-4-6-11/h2-7,13-15,17-20H,8-10H2,1H3. The zero-order chi connectivity index (χ0) is 15.1. The van der Waals surface area contributed by atoms with E-state index in [0.717, 1.165) is 19.5 Å². The van der Waals surface area contributed by atoms with Gasteiger partial charge in [0.1, 0.15) is 0 Å². The van der Waals surface area contributed by atoms with Gasteiger partial charge in [-0.15, -0.1) is 0 Å². The third kappa shape index (κ3) is 2.35. The number of hydrazine groups is 1. The van der Waals surface area contributed by atoms with Crippen molar-refractivity contribution >= 4 is 5.91 Å². The van der Waals surface area contributed by atoms with Gasteiger partial charge in [0.15, 0.2) is 0 Å². The molecule has 3 N–H and O–H groups in total. The fraction of sp³-hybridized carbons (Fsp3) is 0.471. The first-order valence-corrected chi connectivity index (χ1v) is 7.97. The molecule has 0 radical (unpaired) electrons. The van der Waals surface area contributed by atoms with E-state index in [1.165, 1.54) is 11.1 Å². The smallest absolute Gasteiger partial charge is 0.246 e. The summed E-state index contributed by atoms with van der Waals surface area (Å²) in [6.07, 6.45) is 2.86. The number of amides is 1. The second kappa shape index (κ2) is 5.50. The molecular weight excluding hydrogens is 276 g/mol. The van der Waals surface area contributed by atoms with Crippen LogP contribution in [0.1, 0.15) is 18.0 Å². The van der Waals surface area contributed by atoms with Crippen LogP contribution < -0.4 is 16.2 Å². The van der Waals surface area contributed by atoms with Gasteiger partial charge < -0.3 is 10.2 Å². The lowest BCUT2D eigenvalue weighted by Crippen LogP contribution is -2.50. The Morgan fingerprint density at radius 3 is 2.73 bits per heavy atom. The van der Waals surface area contributed by atoms with E-state index in [2.05, 4.69) is 46.5 Å². The molecule has 1 amide bonds. The number of piperidine rings is 1. The highest BCUT2D eigenvalue weighted by Crippen LogP contribution is 2.36. The summed E-state index contributed by atoms with van der Waals surface area (Å²) in [5.41, 5.74) is 9.44. The molecule has 4 atom stereocenters. The van der Waals surface area contributed by atoms with Gasteiger partial charge >= 0.3 is 0 Å². The summed E-state index contributed by atoms with van der Waals surface area (Å²) in [6.45, 7) is 1.69. The number of benzene rings is 1. The normalized spacial score (nSPS) is 34.7. The monoisotopic (exact) mass is 298 g/mol. The Morgan fingerprint density at radius 1 is 1.18 bits per heavy atom. The van der Waals surface area contributed by atoms with Gasteiger partial charge in [0, 0.05) is 38.3 Å². The van der Waals surface area contributed by atoms with Gasteiger partial charge in [0.25, 0.3) is 0 Å². The third-order valence-corrected chi connectivity index (χ3v) is 5.17. The van der Waals surface area contributed by atoms with Crippen LogP contribution in [0.5, 0.6) is 0 Å². The van der Waals surface area contributed by atoms with E-state index >= 15 is 0 Å². The SMILES string of the molecule is CN1CC(C2CC3C(CN2)NNC3c2ccccc2)=CC1=O. The van der Waals surface area contributed by atoms with E-state index in [0.29, 0.717) is 24.0 Å². The molecule has 0 aliphatic carbocycles. The number of hydrogen-bond donors (Lipinski definition) is 3. The molecule has 0 spiro atoms. The molecule has 22 heavy (non-hydrogen) atoms. The number of nitrogens with one attached hydrogen (secondary N) is 3. The Morgan fingerprint density at radius 2 is 2.00 bits per heavy atom. The molecule has 0 bridgehead atoms. The van der Waals surface area contributed by atoms with Gasteiger partial charge in [0.2, 0.25) is 5.91 Å². The topological polar surface area (TPSA) is 56.4 Å². The Kier molecular flexibility index (Phi) is 3.48. The van der Waals surface area contributed by atoms with E-state index in [9.17, 15) is 4.79 Å². The third-order valence-electron chi connectivity index (χ3n) is 5.17. The first-order chi connectivity index (χ1) is 10.7. The molecule has 4 rings (SSSR count). The quantitative estimate of drug-likeness (QED) is 0.748. The summed E-state index contributed by atoms with van der Waals surface area (Å²) in [5, 5.41) is 3.60. The average molecular weight is 298 g/mol. The Hall–Kier alpha value is -1.69. The maximum absolute atomic E-state index is 11.7. The highest BCUT2D eigenvalue weighted by atomic mass is 16.2. The molecule has 2 saturated heterocycles. The van der Waals surface area contributed by atoms with Crippen LogP contribution in [0.4, 0.5) is 0 Å².